The van der Waals surface area contributed by atoms with Gasteiger partial charge in [0.25, 0.3) is 0 Å². The van der Waals surface area contributed by atoms with E-state index in [1.165, 1.54) is 70.6 Å². The van der Waals surface area contributed by atoms with E-state index in [0.717, 1.165) is 70.6 Å². The quantitative estimate of drug-likeness (QED) is 0.0179. The number of aliphatic hydroxyl groups is 7. The highest BCUT2D eigenvalue weighted by Gasteiger charge is 2.47. The first-order valence-corrected chi connectivity index (χ1v) is 26.2. The Morgan fingerprint density at radius 2 is 0.926 bits per heavy atom. The molecule has 7 N–H and O–H groups in total. The molecule has 2 saturated heterocycles. The van der Waals surface area contributed by atoms with Crippen LogP contribution in [0.1, 0.15) is 181 Å². The topological polar surface area (TPSA) is 231 Å². The molecule has 0 saturated carbocycles. The molecule has 15 heteroatoms. The summed E-state index contributed by atoms with van der Waals surface area (Å²) in [4.78, 5) is 25.8. The van der Waals surface area contributed by atoms with Crippen molar-refractivity contribution in [2.24, 2.45) is 0 Å². The second kappa shape index (κ2) is 40.1. The second-order valence-electron chi connectivity index (χ2n) is 18.3. The van der Waals surface area contributed by atoms with Gasteiger partial charge < -0.3 is 64.2 Å². The van der Waals surface area contributed by atoms with Gasteiger partial charge >= 0.3 is 11.9 Å². The average Bonchev–Trinajstić information content (AvgIpc) is 3.33. The zero-order valence-corrected chi connectivity index (χ0v) is 41.6. The number of unbranched alkanes of at least 4 members (excludes halogenated alkanes) is 18. The number of allylic oxidation sites excluding steroid dienone is 8. The molecule has 394 valence electrons. The lowest BCUT2D eigenvalue weighted by atomic mass is 9.98. The predicted octanol–water partition coefficient (Wildman–Crippen LogP) is 7.49. The molecule has 2 fully saturated rings. The van der Waals surface area contributed by atoms with E-state index in [1.54, 1.807) is 0 Å². The van der Waals surface area contributed by atoms with Crippen molar-refractivity contribution < 1.29 is 73.8 Å². The molecule has 15 nitrogen and oxygen atoms in total. The van der Waals surface area contributed by atoms with Crippen molar-refractivity contribution in [2.45, 2.75) is 248 Å². The molecule has 0 amide bonds. The monoisotopic (exact) mass is 969 g/mol. The first-order valence-electron chi connectivity index (χ1n) is 26.2. The maximum absolute atomic E-state index is 13.0. The maximum Gasteiger partial charge on any atom is 0.306 e. The van der Waals surface area contributed by atoms with Crippen LogP contribution in [0.2, 0.25) is 0 Å². The van der Waals surface area contributed by atoms with E-state index in [1.807, 2.05) is 0 Å². The molecule has 68 heavy (non-hydrogen) atoms. The molecule has 0 bridgehead atoms. The van der Waals surface area contributed by atoms with Crippen LogP contribution in [0.5, 0.6) is 0 Å². The molecule has 11 atom stereocenters. The van der Waals surface area contributed by atoms with Crippen LogP contribution in [-0.2, 0) is 38.0 Å². The SMILES string of the molecule is CC/C=C\C/C=C\C/C=C\C/C=C\CCCCCCC(=O)OC(COC(=O)CCCCCCCCCCCCCCCCC)COC1OC(COC2OC(CO)C(O)C(O)C2O)C(O)C(O)C1O. The van der Waals surface area contributed by atoms with Gasteiger partial charge in [0, 0.05) is 12.8 Å². The van der Waals surface area contributed by atoms with Crippen LogP contribution in [0.3, 0.4) is 0 Å². The van der Waals surface area contributed by atoms with Gasteiger partial charge in [-0.25, -0.2) is 0 Å². The van der Waals surface area contributed by atoms with Crippen molar-refractivity contribution in [1.82, 2.24) is 0 Å². The van der Waals surface area contributed by atoms with Gasteiger partial charge in [-0.15, -0.1) is 0 Å². The smallest absolute Gasteiger partial charge is 0.306 e. The molecule has 2 heterocycles. The van der Waals surface area contributed by atoms with Crippen LogP contribution in [0.25, 0.3) is 0 Å². The molecule has 0 aromatic heterocycles. The summed E-state index contributed by atoms with van der Waals surface area (Å²) in [6.45, 7) is 2.46. The fourth-order valence-electron chi connectivity index (χ4n) is 8.03. The molecule has 2 rings (SSSR count). The number of carbonyl (C=O) groups excluding carboxylic acids is 2. The lowest BCUT2D eigenvalue weighted by Gasteiger charge is -2.42. The summed E-state index contributed by atoms with van der Waals surface area (Å²) >= 11 is 0. The lowest BCUT2D eigenvalue weighted by Crippen LogP contribution is -2.61. The molecular formula is C53H92O15. The summed E-state index contributed by atoms with van der Waals surface area (Å²) in [7, 11) is 0. The molecule has 0 radical (unpaired) electrons. The van der Waals surface area contributed by atoms with Gasteiger partial charge in [0.2, 0.25) is 0 Å². The van der Waals surface area contributed by atoms with Gasteiger partial charge in [-0.3, -0.25) is 9.59 Å². The van der Waals surface area contributed by atoms with Gasteiger partial charge in [0.1, 0.15) is 55.4 Å². The van der Waals surface area contributed by atoms with Crippen LogP contribution < -0.4 is 0 Å². The number of ether oxygens (including phenoxy) is 6. The van der Waals surface area contributed by atoms with Gasteiger partial charge in [-0.1, -0.05) is 165 Å². The van der Waals surface area contributed by atoms with E-state index in [9.17, 15) is 45.3 Å². The second-order valence-corrected chi connectivity index (χ2v) is 18.3. The highest BCUT2D eigenvalue weighted by molar-refractivity contribution is 5.70. The Bertz CT molecular complexity index is 1370. The van der Waals surface area contributed by atoms with Gasteiger partial charge in [-0.05, 0) is 51.4 Å². The van der Waals surface area contributed by atoms with Crippen LogP contribution in [-0.4, -0.2) is 142 Å². The van der Waals surface area contributed by atoms with E-state index >= 15 is 0 Å². The summed E-state index contributed by atoms with van der Waals surface area (Å²) in [6.07, 6.45) is 27.0. The standard InChI is InChI=1S/C53H92O15/c1-3-5-7-9-11-13-15-17-19-20-22-24-26-28-30-32-34-36-45(56)66-41(38-63-44(55)35-33-31-29-27-25-23-21-18-16-14-12-10-8-6-4-2)39-64-52-51(62)49(60)47(58)43(68-52)40-65-53-50(61)48(59)46(57)42(37-54)67-53/h5,7,11,13,17,19,22,24,41-43,46-54,57-62H,3-4,6,8-10,12,14-16,18,20-21,23,25-40H2,1-2H3/b7-5-,13-11-,19-17-,24-22-. The van der Waals surface area contributed by atoms with Crippen LogP contribution in [0.4, 0.5) is 0 Å². The third kappa shape index (κ3) is 27.7. The van der Waals surface area contributed by atoms with Crippen molar-refractivity contribution in [3.63, 3.8) is 0 Å². The Balaban J connectivity index is 1.81. The van der Waals surface area contributed by atoms with Crippen molar-refractivity contribution in [3.05, 3.63) is 48.6 Å². The maximum atomic E-state index is 13.0. The predicted molar refractivity (Wildman–Crippen MR) is 261 cm³/mol. The zero-order valence-electron chi connectivity index (χ0n) is 41.6. The van der Waals surface area contributed by atoms with Crippen LogP contribution in [0, 0.1) is 0 Å². The van der Waals surface area contributed by atoms with E-state index < -0.39 is 99.3 Å². The Morgan fingerprint density at radius 3 is 1.46 bits per heavy atom. The zero-order chi connectivity index (χ0) is 49.6. The minimum atomic E-state index is -1.77. The third-order valence-corrected chi connectivity index (χ3v) is 12.3. The molecule has 2 aliphatic heterocycles. The van der Waals surface area contributed by atoms with Crippen LogP contribution in [0.15, 0.2) is 48.6 Å². The fourth-order valence-corrected chi connectivity index (χ4v) is 8.03. The number of rotatable bonds is 40. The largest absolute Gasteiger partial charge is 0.462 e. The van der Waals surface area contributed by atoms with E-state index in [4.69, 9.17) is 28.4 Å². The number of aliphatic hydroxyl groups excluding tert-OH is 7. The molecule has 2 aliphatic rings. The van der Waals surface area contributed by atoms with E-state index in [-0.39, 0.29) is 19.4 Å². The van der Waals surface area contributed by atoms with Crippen molar-refractivity contribution in [1.29, 1.82) is 0 Å². The first kappa shape index (κ1) is 61.6. The Hall–Kier alpha value is -2.54. The fraction of sp³-hybridized carbons (Fsp3) is 0.811. The Kier molecular flexibility index (Phi) is 36.3. The van der Waals surface area contributed by atoms with Crippen molar-refractivity contribution in [2.75, 3.05) is 26.4 Å². The summed E-state index contributed by atoms with van der Waals surface area (Å²) in [5, 5.41) is 72.1. The number of hydrogen-bond acceptors (Lipinski definition) is 15. The van der Waals surface area contributed by atoms with E-state index in [0.29, 0.717) is 12.8 Å². The molecule has 0 spiro atoms. The molecule has 11 unspecified atom stereocenters. The molecular weight excluding hydrogens is 877 g/mol. The highest BCUT2D eigenvalue weighted by Crippen LogP contribution is 2.26. The van der Waals surface area contributed by atoms with Gasteiger partial charge in [-0.2, -0.15) is 0 Å². The van der Waals surface area contributed by atoms with Crippen molar-refractivity contribution >= 4 is 11.9 Å². The minimum absolute atomic E-state index is 0.137. The summed E-state index contributed by atoms with van der Waals surface area (Å²) in [5.41, 5.74) is 0. The molecule has 0 aromatic carbocycles. The first-order chi connectivity index (χ1) is 33.0. The summed E-state index contributed by atoms with van der Waals surface area (Å²) in [5.74, 6) is -0.950. The summed E-state index contributed by atoms with van der Waals surface area (Å²) < 4.78 is 33.6. The third-order valence-electron chi connectivity index (χ3n) is 12.3. The minimum Gasteiger partial charge on any atom is -0.462 e. The lowest BCUT2D eigenvalue weighted by molar-refractivity contribution is -0.332. The average molecular weight is 969 g/mol. The molecule has 0 aromatic rings. The number of hydrogen-bond donors (Lipinski definition) is 7. The highest BCUT2D eigenvalue weighted by atomic mass is 16.7. The summed E-state index contributed by atoms with van der Waals surface area (Å²) in [6, 6.07) is 0. The van der Waals surface area contributed by atoms with Crippen LogP contribution >= 0.6 is 0 Å². The Morgan fingerprint density at radius 1 is 0.485 bits per heavy atom. The van der Waals surface area contributed by atoms with E-state index in [2.05, 4.69) is 62.5 Å². The number of carbonyl (C=O) groups is 2. The van der Waals surface area contributed by atoms with Gasteiger partial charge in [0.15, 0.2) is 18.7 Å². The normalized spacial score (nSPS) is 26.1. The molecule has 0 aliphatic carbocycles. The van der Waals surface area contributed by atoms with Gasteiger partial charge in [0.05, 0.1) is 19.8 Å². The van der Waals surface area contributed by atoms with Crippen molar-refractivity contribution in [3.8, 4) is 0 Å². The Labute approximate surface area is 408 Å². The number of esters is 2.